The van der Waals surface area contributed by atoms with Crippen LogP contribution in [0.3, 0.4) is 0 Å². The van der Waals surface area contributed by atoms with Crippen LogP contribution in [0.1, 0.15) is 25.7 Å². The van der Waals surface area contributed by atoms with Crippen molar-refractivity contribution in [3.05, 3.63) is 24.3 Å². The summed E-state index contributed by atoms with van der Waals surface area (Å²) in [4.78, 5) is 7.22. The van der Waals surface area contributed by atoms with Crippen molar-refractivity contribution in [3.63, 3.8) is 0 Å². The van der Waals surface area contributed by atoms with Gasteiger partial charge in [0.25, 0.3) is 0 Å². The minimum atomic E-state index is 0.969. The summed E-state index contributed by atoms with van der Waals surface area (Å²) >= 11 is 0. The molecule has 0 amide bonds. The van der Waals surface area contributed by atoms with Gasteiger partial charge < -0.3 is 14.8 Å². The Labute approximate surface area is 120 Å². The second-order valence-electron chi connectivity index (χ2n) is 5.67. The highest BCUT2D eigenvalue weighted by molar-refractivity contribution is 5.78. The number of nitrogens with one attached hydrogen (secondary N) is 1. The SMILES string of the molecule is Cn1c(NCCN2CCCCCC2)nc2ccccc21. The van der Waals surface area contributed by atoms with Gasteiger partial charge in [0.15, 0.2) is 0 Å². The van der Waals surface area contributed by atoms with E-state index in [9.17, 15) is 0 Å². The highest BCUT2D eigenvalue weighted by atomic mass is 15.2. The van der Waals surface area contributed by atoms with Crippen LogP contribution in [0, 0.1) is 0 Å². The van der Waals surface area contributed by atoms with Crippen LogP contribution in [-0.2, 0) is 7.05 Å². The van der Waals surface area contributed by atoms with E-state index in [1.165, 1.54) is 44.3 Å². The summed E-state index contributed by atoms with van der Waals surface area (Å²) in [6, 6.07) is 8.28. The third-order valence-electron chi connectivity index (χ3n) is 4.20. The number of likely N-dealkylation sites (tertiary alicyclic amines) is 1. The van der Waals surface area contributed by atoms with Gasteiger partial charge in [-0.2, -0.15) is 0 Å². The van der Waals surface area contributed by atoms with Crippen LogP contribution >= 0.6 is 0 Å². The molecule has 0 radical (unpaired) electrons. The van der Waals surface area contributed by atoms with Crippen LogP contribution in [-0.4, -0.2) is 40.6 Å². The Morgan fingerprint density at radius 2 is 1.85 bits per heavy atom. The fraction of sp³-hybridized carbons (Fsp3) is 0.562. The van der Waals surface area contributed by atoms with Crippen molar-refractivity contribution in [1.29, 1.82) is 0 Å². The summed E-state index contributed by atoms with van der Waals surface area (Å²) < 4.78 is 2.14. The molecule has 0 spiro atoms. The Kier molecular flexibility index (Phi) is 4.21. The molecule has 4 heteroatoms. The van der Waals surface area contributed by atoms with E-state index in [-0.39, 0.29) is 0 Å². The molecule has 4 nitrogen and oxygen atoms in total. The first-order valence-electron chi connectivity index (χ1n) is 7.72. The zero-order chi connectivity index (χ0) is 13.8. The van der Waals surface area contributed by atoms with Gasteiger partial charge in [0.05, 0.1) is 11.0 Å². The van der Waals surface area contributed by atoms with Gasteiger partial charge in [0.2, 0.25) is 5.95 Å². The summed E-state index contributed by atoms with van der Waals surface area (Å²) in [5, 5.41) is 3.48. The molecule has 1 aromatic carbocycles. The van der Waals surface area contributed by atoms with Gasteiger partial charge in [-0.25, -0.2) is 4.98 Å². The lowest BCUT2D eigenvalue weighted by molar-refractivity contribution is 0.296. The summed E-state index contributed by atoms with van der Waals surface area (Å²) in [5.41, 5.74) is 2.25. The molecule has 0 atom stereocenters. The van der Waals surface area contributed by atoms with Crippen LogP contribution in [0.2, 0.25) is 0 Å². The first kappa shape index (κ1) is 13.4. The molecule has 1 fully saturated rings. The van der Waals surface area contributed by atoms with Crippen LogP contribution in [0.5, 0.6) is 0 Å². The van der Waals surface area contributed by atoms with E-state index in [0.717, 1.165) is 24.6 Å². The van der Waals surface area contributed by atoms with Gasteiger partial charge in [0.1, 0.15) is 0 Å². The van der Waals surface area contributed by atoms with Gasteiger partial charge in [0, 0.05) is 20.1 Å². The minimum absolute atomic E-state index is 0.969. The van der Waals surface area contributed by atoms with Crippen LogP contribution in [0.4, 0.5) is 5.95 Å². The highest BCUT2D eigenvalue weighted by Crippen LogP contribution is 2.17. The molecule has 2 heterocycles. The van der Waals surface area contributed by atoms with Crippen LogP contribution in [0.25, 0.3) is 11.0 Å². The molecule has 1 aromatic heterocycles. The van der Waals surface area contributed by atoms with E-state index < -0.39 is 0 Å². The monoisotopic (exact) mass is 272 g/mol. The fourth-order valence-electron chi connectivity index (χ4n) is 2.99. The average molecular weight is 272 g/mol. The number of fused-ring (bicyclic) bond motifs is 1. The van der Waals surface area contributed by atoms with Crippen molar-refractivity contribution in [1.82, 2.24) is 14.5 Å². The standard InChI is InChI=1S/C16H24N4/c1-19-15-9-5-4-8-14(15)18-16(19)17-10-13-20-11-6-2-3-7-12-20/h4-5,8-9H,2-3,6-7,10-13H2,1H3,(H,17,18). The van der Waals surface area contributed by atoms with Gasteiger partial charge >= 0.3 is 0 Å². The maximum Gasteiger partial charge on any atom is 0.203 e. The molecule has 3 rings (SSSR count). The maximum atomic E-state index is 4.65. The highest BCUT2D eigenvalue weighted by Gasteiger charge is 2.10. The number of nitrogens with zero attached hydrogens (tertiary/aromatic N) is 3. The van der Waals surface area contributed by atoms with Gasteiger partial charge in [-0.15, -0.1) is 0 Å². The Hall–Kier alpha value is -1.55. The van der Waals surface area contributed by atoms with Gasteiger partial charge in [-0.3, -0.25) is 0 Å². The van der Waals surface area contributed by atoms with E-state index in [4.69, 9.17) is 0 Å². The summed E-state index contributed by atoms with van der Waals surface area (Å²) in [6.07, 6.45) is 5.50. The van der Waals surface area contributed by atoms with E-state index in [0.29, 0.717) is 0 Å². The molecule has 1 aliphatic heterocycles. The number of aryl methyl sites for hydroxylation is 1. The number of rotatable bonds is 4. The lowest BCUT2D eigenvalue weighted by Gasteiger charge is -2.19. The van der Waals surface area contributed by atoms with Crippen molar-refractivity contribution in [2.45, 2.75) is 25.7 Å². The van der Waals surface area contributed by atoms with E-state index in [1.54, 1.807) is 0 Å². The zero-order valence-electron chi connectivity index (χ0n) is 12.3. The Morgan fingerprint density at radius 1 is 1.10 bits per heavy atom. The third-order valence-corrected chi connectivity index (χ3v) is 4.20. The smallest absolute Gasteiger partial charge is 0.203 e. The predicted molar refractivity (Wildman–Crippen MR) is 84.1 cm³/mol. The number of benzene rings is 1. The van der Waals surface area contributed by atoms with Crippen molar-refractivity contribution in [3.8, 4) is 0 Å². The van der Waals surface area contributed by atoms with Gasteiger partial charge in [-0.05, 0) is 38.1 Å². The number of hydrogen-bond donors (Lipinski definition) is 1. The lowest BCUT2D eigenvalue weighted by Crippen LogP contribution is -2.30. The summed E-state index contributed by atoms with van der Waals surface area (Å²) in [7, 11) is 2.07. The molecule has 0 unspecified atom stereocenters. The molecule has 108 valence electrons. The Morgan fingerprint density at radius 3 is 2.60 bits per heavy atom. The van der Waals surface area contributed by atoms with Crippen LogP contribution < -0.4 is 5.32 Å². The van der Waals surface area contributed by atoms with E-state index in [1.807, 2.05) is 6.07 Å². The molecular weight excluding hydrogens is 248 g/mol. The first-order chi connectivity index (χ1) is 9.84. The topological polar surface area (TPSA) is 33.1 Å². The minimum Gasteiger partial charge on any atom is -0.354 e. The van der Waals surface area contributed by atoms with Crippen molar-refractivity contribution in [2.75, 3.05) is 31.5 Å². The zero-order valence-corrected chi connectivity index (χ0v) is 12.3. The summed E-state index contributed by atoms with van der Waals surface area (Å²) in [6.45, 7) is 4.59. The molecule has 0 bridgehead atoms. The number of imidazole rings is 1. The van der Waals surface area contributed by atoms with Crippen LogP contribution in [0.15, 0.2) is 24.3 Å². The Balaban J connectivity index is 1.58. The lowest BCUT2D eigenvalue weighted by atomic mass is 10.2. The molecular formula is C16H24N4. The molecule has 0 aliphatic carbocycles. The van der Waals surface area contributed by atoms with Crippen molar-refractivity contribution < 1.29 is 0 Å². The quantitative estimate of drug-likeness (QED) is 0.929. The Bertz CT molecular complexity index is 553. The summed E-state index contributed by atoms with van der Waals surface area (Å²) in [5.74, 6) is 0.973. The van der Waals surface area contributed by atoms with Crippen molar-refractivity contribution in [2.24, 2.45) is 7.05 Å². The largest absolute Gasteiger partial charge is 0.354 e. The van der Waals surface area contributed by atoms with Gasteiger partial charge in [-0.1, -0.05) is 25.0 Å². The third kappa shape index (κ3) is 2.96. The molecule has 1 aliphatic rings. The van der Waals surface area contributed by atoms with E-state index >= 15 is 0 Å². The number of para-hydroxylation sites is 2. The molecule has 20 heavy (non-hydrogen) atoms. The number of anilines is 1. The second-order valence-corrected chi connectivity index (χ2v) is 5.67. The second kappa shape index (κ2) is 6.27. The number of aromatic nitrogens is 2. The van der Waals surface area contributed by atoms with E-state index in [2.05, 4.69) is 45.0 Å². The fourth-order valence-corrected chi connectivity index (χ4v) is 2.99. The maximum absolute atomic E-state index is 4.65. The molecule has 1 N–H and O–H groups in total. The first-order valence-corrected chi connectivity index (χ1v) is 7.72. The molecule has 1 saturated heterocycles. The number of hydrogen-bond acceptors (Lipinski definition) is 3. The average Bonchev–Trinajstić information content (AvgIpc) is 2.66. The predicted octanol–water partition coefficient (Wildman–Crippen LogP) is 2.86. The normalized spacial score (nSPS) is 17.2. The molecule has 0 saturated carbocycles. The van der Waals surface area contributed by atoms with Crippen molar-refractivity contribution >= 4 is 17.0 Å². The molecule has 2 aromatic rings.